The summed E-state index contributed by atoms with van der Waals surface area (Å²) in [5.41, 5.74) is 0. The molecule has 0 aliphatic heterocycles. The summed E-state index contributed by atoms with van der Waals surface area (Å²) in [7, 11) is 6.62. The van der Waals surface area contributed by atoms with E-state index in [1.807, 2.05) is 27.7 Å². The Hall–Kier alpha value is 0.394. The molecule has 0 saturated heterocycles. The van der Waals surface area contributed by atoms with Crippen LogP contribution in [0.5, 0.6) is 0 Å². The van der Waals surface area contributed by atoms with Gasteiger partial charge in [-0.1, -0.05) is 0 Å². The third-order valence-corrected chi connectivity index (χ3v) is 8.36. The summed E-state index contributed by atoms with van der Waals surface area (Å²) in [5.74, 6) is 0. The molecule has 0 radical (unpaired) electrons. The monoisotopic (exact) mass is 460 g/mol. The van der Waals surface area contributed by atoms with Crippen LogP contribution in [0.1, 0.15) is 53.4 Å². The van der Waals surface area contributed by atoms with Gasteiger partial charge in [-0.2, -0.15) is 0 Å². The molecule has 176 valence electrons. The van der Waals surface area contributed by atoms with Crippen LogP contribution in [0.15, 0.2) is 0 Å². The second-order valence-electron chi connectivity index (χ2n) is 6.91. The first-order valence-corrected chi connectivity index (χ1v) is 13.2. The van der Waals surface area contributed by atoms with E-state index in [1.54, 1.807) is 28.4 Å². The van der Waals surface area contributed by atoms with Crippen molar-refractivity contribution in [3.8, 4) is 0 Å². The van der Waals surface area contributed by atoms with Crippen LogP contribution in [0.4, 0.5) is 0 Å². The fourth-order valence-electron chi connectivity index (χ4n) is 2.67. The molecule has 0 bridgehead atoms. The summed E-state index contributed by atoms with van der Waals surface area (Å²) < 4.78 is 47.3. The van der Waals surface area contributed by atoms with Gasteiger partial charge in [0.05, 0.1) is 0 Å². The summed E-state index contributed by atoms with van der Waals surface area (Å²) in [4.78, 5) is 0. The SMILES string of the molecule is CCC(COC)[O][Ti]([O]C(CC)COC)([O]C(CC)COC)[O]C(CC)COC. The van der Waals surface area contributed by atoms with Gasteiger partial charge >= 0.3 is 183 Å². The van der Waals surface area contributed by atoms with Gasteiger partial charge in [-0.25, -0.2) is 0 Å². The standard InChI is InChI=1S/4C5H11O2.Ti/c4*1-3-5(6)4-7-2;/h4*5H,3-4H2,1-2H3;/q4*-1;+4. The van der Waals surface area contributed by atoms with Gasteiger partial charge in [0.2, 0.25) is 0 Å². The predicted octanol–water partition coefficient (Wildman–Crippen LogP) is 3.57. The van der Waals surface area contributed by atoms with E-state index in [9.17, 15) is 0 Å². The normalized spacial score (nSPS) is 18.2. The van der Waals surface area contributed by atoms with Gasteiger partial charge in [-0.3, -0.25) is 0 Å². The van der Waals surface area contributed by atoms with Crippen molar-refractivity contribution in [1.82, 2.24) is 0 Å². The van der Waals surface area contributed by atoms with Crippen molar-refractivity contribution in [2.75, 3.05) is 54.9 Å². The molecular formula is C20H44O8Ti. The first kappa shape index (κ1) is 29.4. The van der Waals surface area contributed by atoms with Gasteiger partial charge in [0.1, 0.15) is 0 Å². The summed E-state index contributed by atoms with van der Waals surface area (Å²) in [6, 6.07) is 0. The van der Waals surface area contributed by atoms with Crippen molar-refractivity contribution < 1.29 is 50.4 Å². The molecule has 0 aliphatic carbocycles. The van der Waals surface area contributed by atoms with Gasteiger partial charge < -0.3 is 0 Å². The minimum atomic E-state index is -4.26. The van der Waals surface area contributed by atoms with Crippen molar-refractivity contribution >= 4 is 0 Å². The molecule has 0 spiro atoms. The van der Waals surface area contributed by atoms with E-state index in [4.69, 9.17) is 32.2 Å². The van der Waals surface area contributed by atoms with Crippen LogP contribution < -0.4 is 0 Å². The molecule has 0 rings (SSSR count). The molecule has 0 heterocycles. The fraction of sp³-hybridized carbons (Fsp3) is 1.00. The molecule has 0 saturated carbocycles. The topological polar surface area (TPSA) is 73.8 Å². The zero-order valence-electron chi connectivity index (χ0n) is 19.7. The molecule has 0 aromatic carbocycles. The van der Waals surface area contributed by atoms with Gasteiger partial charge in [-0.05, 0) is 0 Å². The summed E-state index contributed by atoms with van der Waals surface area (Å²) >= 11 is -4.26. The molecule has 8 nitrogen and oxygen atoms in total. The number of ether oxygens (including phenoxy) is 4. The first-order valence-electron chi connectivity index (χ1n) is 10.6. The van der Waals surface area contributed by atoms with E-state index in [2.05, 4.69) is 0 Å². The van der Waals surface area contributed by atoms with E-state index < -0.39 is 18.1 Å². The maximum atomic E-state index is 6.49. The number of rotatable bonds is 20. The quantitative estimate of drug-likeness (QED) is 0.256. The van der Waals surface area contributed by atoms with Crippen LogP contribution in [-0.4, -0.2) is 79.3 Å². The first-order chi connectivity index (χ1) is 14.0. The van der Waals surface area contributed by atoms with Crippen molar-refractivity contribution in [3.05, 3.63) is 0 Å². The molecule has 0 fully saturated rings. The van der Waals surface area contributed by atoms with Gasteiger partial charge in [0.15, 0.2) is 0 Å². The van der Waals surface area contributed by atoms with E-state index in [-0.39, 0.29) is 24.4 Å². The summed E-state index contributed by atoms with van der Waals surface area (Å²) in [6.07, 6.45) is 2.22. The molecule has 4 unspecified atom stereocenters. The Morgan fingerprint density at radius 2 is 0.655 bits per heavy atom. The Balaban J connectivity index is 5.94. The minimum absolute atomic E-state index is 0.194. The van der Waals surface area contributed by atoms with Crippen LogP contribution >= 0.6 is 0 Å². The van der Waals surface area contributed by atoms with Gasteiger partial charge in [0, 0.05) is 0 Å². The Morgan fingerprint density at radius 1 is 0.448 bits per heavy atom. The molecule has 9 heteroatoms. The Bertz CT molecular complexity index is 305. The van der Waals surface area contributed by atoms with Crippen molar-refractivity contribution in [3.63, 3.8) is 0 Å². The van der Waals surface area contributed by atoms with Gasteiger partial charge in [-0.15, -0.1) is 0 Å². The zero-order valence-corrected chi connectivity index (χ0v) is 21.3. The van der Waals surface area contributed by atoms with E-state index >= 15 is 0 Å². The van der Waals surface area contributed by atoms with E-state index in [1.165, 1.54) is 0 Å². The third-order valence-electron chi connectivity index (χ3n) is 4.48. The molecule has 0 aromatic heterocycles. The summed E-state index contributed by atoms with van der Waals surface area (Å²) in [5, 5.41) is 0. The fourth-order valence-corrected chi connectivity index (χ4v) is 7.20. The van der Waals surface area contributed by atoms with Crippen LogP contribution in [0.2, 0.25) is 0 Å². The Labute approximate surface area is 183 Å². The summed E-state index contributed by atoms with van der Waals surface area (Å²) in [6.45, 7) is 9.91. The zero-order chi connectivity index (χ0) is 22.1. The molecule has 4 atom stereocenters. The molecular weight excluding hydrogens is 416 g/mol. The Morgan fingerprint density at radius 3 is 0.793 bits per heavy atom. The van der Waals surface area contributed by atoms with Crippen molar-refractivity contribution in [1.29, 1.82) is 0 Å². The maximum absolute atomic E-state index is 6.49. The average molecular weight is 460 g/mol. The number of methoxy groups -OCH3 is 4. The third kappa shape index (κ3) is 12.1. The van der Waals surface area contributed by atoms with Crippen molar-refractivity contribution in [2.24, 2.45) is 0 Å². The second-order valence-corrected chi connectivity index (χ2v) is 9.95. The molecule has 0 amide bonds. The number of hydrogen-bond acceptors (Lipinski definition) is 8. The van der Waals surface area contributed by atoms with E-state index in [0.29, 0.717) is 26.4 Å². The number of hydrogen-bond donors (Lipinski definition) is 0. The molecule has 0 aromatic rings. The molecule has 0 N–H and O–H groups in total. The van der Waals surface area contributed by atoms with Crippen molar-refractivity contribution in [2.45, 2.75) is 77.8 Å². The second kappa shape index (κ2) is 18.0. The average Bonchev–Trinajstić information content (AvgIpc) is 2.72. The Kier molecular flexibility index (Phi) is 18.3. The predicted molar refractivity (Wildman–Crippen MR) is 108 cm³/mol. The molecule has 29 heavy (non-hydrogen) atoms. The molecule has 0 aliphatic rings. The van der Waals surface area contributed by atoms with Gasteiger partial charge in [0.25, 0.3) is 0 Å². The van der Waals surface area contributed by atoms with Crippen LogP contribution in [-0.2, 0) is 50.4 Å². The van der Waals surface area contributed by atoms with Crippen LogP contribution in [0.25, 0.3) is 0 Å². The van der Waals surface area contributed by atoms with Crippen LogP contribution in [0, 0.1) is 0 Å². The van der Waals surface area contributed by atoms with E-state index in [0.717, 1.165) is 25.7 Å². The van der Waals surface area contributed by atoms with Crippen LogP contribution in [0.3, 0.4) is 0 Å².